The Morgan fingerprint density at radius 3 is 2.52 bits per heavy atom. The molecule has 112 valence electrons. The zero-order valence-electron chi connectivity index (χ0n) is 13.2. The number of hydrogen-bond donors (Lipinski definition) is 1. The van der Waals surface area contributed by atoms with E-state index < -0.39 is 0 Å². The lowest BCUT2D eigenvalue weighted by molar-refractivity contribution is 0.399. The molecule has 1 unspecified atom stereocenters. The molecule has 0 amide bonds. The van der Waals surface area contributed by atoms with E-state index in [2.05, 4.69) is 48.2 Å². The fraction of sp³-hybridized carbons (Fsp3) is 0.412. The molecule has 0 saturated carbocycles. The fourth-order valence-electron chi connectivity index (χ4n) is 2.40. The Morgan fingerprint density at radius 1 is 1.19 bits per heavy atom. The van der Waals surface area contributed by atoms with E-state index in [0.29, 0.717) is 0 Å². The summed E-state index contributed by atoms with van der Waals surface area (Å²) < 4.78 is 5.64. The average Bonchev–Trinajstić information content (AvgIpc) is 2.52. The van der Waals surface area contributed by atoms with E-state index in [1.54, 1.807) is 19.5 Å². The number of aromatic nitrogens is 2. The van der Waals surface area contributed by atoms with Crippen LogP contribution in [0.1, 0.15) is 41.9 Å². The molecule has 21 heavy (non-hydrogen) atoms. The van der Waals surface area contributed by atoms with Crippen LogP contribution in [0.5, 0.6) is 5.75 Å². The first-order chi connectivity index (χ1) is 10.2. The van der Waals surface area contributed by atoms with Crippen LogP contribution < -0.4 is 10.1 Å². The van der Waals surface area contributed by atoms with Crippen molar-refractivity contribution in [2.75, 3.05) is 13.7 Å². The average molecular weight is 285 g/mol. The van der Waals surface area contributed by atoms with E-state index in [0.717, 1.165) is 35.7 Å². The summed E-state index contributed by atoms with van der Waals surface area (Å²) in [7, 11) is 1.72. The monoisotopic (exact) mass is 285 g/mol. The van der Waals surface area contributed by atoms with Gasteiger partial charge in [0.2, 0.25) is 0 Å². The quantitative estimate of drug-likeness (QED) is 0.885. The summed E-state index contributed by atoms with van der Waals surface area (Å²) in [4.78, 5) is 8.81. The molecule has 0 aliphatic heterocycles. The predicted octanol–water partition coefficient (Wildman–Crippen LogP) is 3.19. The molecule has 4 nitrogen and oxygen atoms in total. The van der Waals surface area contributed by atoms with Crippen molar-refractivity contribution in [2.24, 2.45) is 0 Å². The summed E-state index contributed by atoms with van der Waals surface area (Å²) in [5, 5.41) is 3.52. The highest BCUT2D eigenvalue weighted by atomic mass is 16.5. The lowest BCUT2D eigenvalue weighted by Gasteiger charge is -2.22. The number of methoxy groups -OCH3 is 1. The van der Waals surface area contributed by atoms with E-state index in [1.165, 1.54) is 5.56 Å². The van der Waals surface area contributed by atoms with Crippen LogP contribution in [0, 0.1) is 13.8 Å². The lowest BCUT2D eigenvalue weighted by atomic mass is 9.98. The van der Waals surface area contributed by atoms with Crippen LogP contribution in [0.4, 0.5) is 0 Å². The number of aryl methyl sites for hydroxylation is 1. The van der Waals surface area contributed by atoms with Crippen molar-refractivity contribution in [2.45, 2.75) is 33.2 Å². The third-order valence-electron chi connectivity index (χ3n) is 3.66. The van der Waals surface area contributed by atoms with Gasteiger partial charge in [0.25, 0.3) is 0 Å². The molecular weight excluding hydrogens is 262 g/mol. The molecule has 1 aromatic heterocycles. The van der Waals surface area contributed by atoms with Crippen LogP contribution >= 0.6 is 0 Å². The third kappa shape index (κ3) is 3.39. The minimum absolute atomic E-state index is 0.0552. The Kier molecular flexibility index (Phi) is 5.28. The second-order valence-electron chi connectivity index (χ2n) is 5.12. The zero-order valence-corrected chi connectivity index (χ0v) is 13.2. The van der Waals surface area contributed by atoms with Gasteiger partial charge in [0.05, 0.1) is 13.2 Å². The molecule has 1 aromatic carbocycles. The highest BCUT2D eigenvalue weighted by Gasteiger charge is 2.21. The Bertz CT molecular complexity index is 584. The van der Waals surface area contributed by atoms with E-state index in [-0.39, 0.29) is 6.04 Å². The SMILES string of the molecule is CCCNC(c1ncccn1)c1ccc(C)c(C)c1OC. The molecule has 2 rings (SSSR count). The van der Waals surface area contributed by atoms with Gasteiger partial charge in [-0.15, -0.1) is 0 Å². The number of rotatable bonds is 6. The van der Waals surface area contributed by atoms with Crippen LogP contribution in [0.2, 0.25) is 0 Å². The van der Waals surface area contributed by atoms with Crippen LogP contribution in [0.25, 0.3) is 0 Å². The minimum atomic E-state index is -0.0552. The van der Waals surface area contributed by atoms with Gasteiger partial charge < -0.3 is 10.1 Å². The van der Waals surface area contributed by atoms with E-state index >= 15 is 0 Å². The fourth-order valence-corrected chi connectivity index (χ4v) is 2.40. The van der Waals surface area contributed by atoms with E-state index in [1.807, 2.05) is 6.07 Å². The van der Waals surface area contributed by atoms with Gasteiger partial charge >= 0.3 is 0 Å². The van der Waals surface area contributed by atoms with Gasteiger partial charge in [-0.05, 0) is 44.0 Å². The molecule has 0 aliphatic rings. The summed E-state index contributed by atoms with van der Waals surface area (Å²) in [6, 6.07) is 6.00. The molecule has 1 atom stereocenters. The Labute approximate surface area is 126 Å². The topological polar surface area (TPSA) is 47.0 Å². The normalized spacial score (nSPS) is 12.2. The third-order valence-corrected chi connectivity index (χ3v) is 3.66. The molecule has 0 bridgehead atoms. The van der Waals surface area contributed by atoms with Crippen molar-refractivity contribution in [1.82, 2.24) is 15.3 Å². The smallest absolute Gasteiger partial charge is 0.149 e. The van der Waals surface area contributed by atoms with Crippen LogP contribution in [-0.4, -0.2) is 23.6 Å². The van der Waals surface area contributed by atoms with Gasteiger partial charge in [-0.1, -0.05) is 19.1 Å². The second-order valence-corrected chi connectivity index (χ2v) is 5.12. The Balaban J connectivity index is 2.49. The Hall–Kier alpha value is -1.94. The molecular formula is C17H23N3O. The molecule has 0 radical (unpaired) electrons. The summed E-state index contributed by atoms with van der Waals surface area (Å²) in [5.74, 6) is 1.68. The number of benzene rings is 1. The minimum Gasteiger partial charge on any atom is -0.496 e. The van der Waals surface area contributed by atoms with Gasteiger partial charge in [-0.3, -0.25) is 0 Å². The van der Waals surface area contributed by atoms with E-state index in [4.69, 9.17) is 4.74 Å². The summed E-state index contributed by atoms with van der Waals surface area (Å²) in [6.07, 6.45) is 4.60. The number of nitrogens with one attached hydrogen (secondary N) is 1. The summed E-state index contributed by atoms with van der Waals surface area (Å²) >= 11 is 0. The lowest BCUT2D eigenvalue weighted by Crippen LogP contribution is -2.25. The van der Waals surface area contributed by atoms with Gasteiger partial charge in [0, 0.05) is 18.0 Å². The Morgan fingerprint density at radius 2 is 1.90 bits per heavy atom. The van der Waals surface area contributed by atoms with Gasteiger partial charge in [-0.2, -0.15) is 0 Å². The van der Waals surface area contributed by atoms with Crippen molar-refractivity contribution in [1.29, 1.82) is 0 Å². The van der Waals surface area contributed by atoms with Crippen molar-refractivity contribution < 1.29 is 4.74 Å². The zero-order chi connectivity index (χ0) is 15.2. The maximum atomic E-state index is 5.64. The number of ether oxygens (including phenoxy) is 1. The standard InChI is InChI=1S/C17H23N3O/c1-5-9-18-15(17-19-10-6-11-20-17)14-8-7-12(2)13(3)16(14)21-4/h6-8,10-11,15,18H,5,9H2,1-4H3. The van der Waals surface area contributed by atoms with Gasteiger partial charge in [0.15, 0.2) is 0 Å². The van der Waals surface area contributed by atoms with Gasteiger partial charge in [-0.25, -0.2) is 9.97 Å². The first-order valence-electron chi connectivity index (χ1n) is 7.33. The molecule has 1 N–H and O–H groups in total. The highest BCUT2D eigenvalue weighted by molar-refractivity contribution is 5.48. The van der Waals surface area contributed by atoms with E-state index in [9.17, 15) is 0 Å². The second kappa shape index (κ2) is 7.18. The molecule has 0 fully saturated rings. The molecule has 1 heterocycles. The molecule has 4 heteroatoms. The maximum Gasteiger partial charge on any atom is 0.149 e. The van der Waals surface area contributed by atoms with Crippen molar-refractivity contribution >= 4 is 0 Å². The van der Waals surface area contributed by atoms with Crippen molar-refractivity contribution in [3.63, 3.8) is 0 Å². The molecule has 0 aliphatic carbocycles. The first-order valence-corrected chi connectivity index (χ1v) is 7.33. The van der Waals surface area contributed by atoms with Crippen LogP contribution in [0.15, 0.2) is 30.6 Å². The van der Waals surface area contributed by atoms with Crippen LogP contribution in [0.3, 0.4) is 0 Å². The number of hydrogen-bond acceptors (Lipinski definition) is 4. The van der Waals surface area contributed by atoms with Crippen molar-refractivity contribution in [3.8, 4) is 5.75 Å². The maximum absolute atomic E-state index is 5.64. The first kappa shape index (κ1) is 15.4. The number of nitrogens with zero attached hydrogens (tertiary/aromatic N) is 2. The largest absolute Gasteiger partial charge is 0.496 e. The summed E-state index contributed by atoms with van der Waals surface area (Å²) in [5.41, 5.74) is 3.47. The van der Waals surface area contributed by atoms with Crippen molar-refractivity contribution in [3.05, 3.63) is 53.1 Å². The molecule has 0 spiro atoms. The highest BCUT2D eigenvalue weighted by Crippen LogP contribution is 2.32. The van der Waals surface area contributed by atoms with Gasteiger partial charge in [0.1, 0.15) is 11.6 Å². The predicted molar refractivity (Wildman–Crippen MR) is 84.6 cm³/mol. The summed E-state index contributed by atoms with van der Waals surface area (Å²) in [6.45, 7) is 7.22. The molecule has 0 saturated heterocycles. The van der Waals surface area contributed by atoms with Crippen LogP contribution in [-0.2, 0) is 0 Å². The molecule has 2 aromatic rings.